The van der Waals surface area contributed by atoms with E-state index in [0.29, 0.717) is 5.95 Å². The molecule has 0 unspecified atom stereocenters. The summed E-state index contributed by atoms with van der Waals surface area (Å²) in [5, 5.41) is 0. The first-order valence-corrected chi connectivity index (χ1v) is 6.90. The van der Waals surface area contributed by atoms with Crippen LogP contribution >= 0.6 is 15.9 Å². The number of nitrogens with zero attached hydrogens (tertiary/aromatic N) is 2. The van der Waals surface area contributed by atoms with Gasteiger partial charge in [-0.25, -0.2) is 4.98 Å². The van der Waals surface area contributed by atoms with E-state index in [1.165, 1.54) is 11.1 Å². The van der Waals surface area contributed by atoms with Gasteiger partial charge in [-0.2, -0.15) is 0 Å². The molecule has 3 aromatic rings. The van der Waals surface area contributed by atoms with Crippen LogP contribution in [0.25, 0.3) is 11.0 Å². The molecular weight excluding hydrogens is 302 g/mol. The maximum absolute atomic E-state index is 6.05. The summed E-state index contributed by atoms with van der Waals surface area (Å²) < 4.78 is 3.14. The molecule has 96 valence electrons. The zero-order chi connectivity index (χ0) is 13.4. The molecule has 0 saturated heterocycles. The molecule has 2 aromatic carbocycles. The van der Waals surface area contributed by atoms with Gasteiger partial charge in [-0.1, -0.05) is 40.2 Å². The highest BCUT2D eigenvalue weighted by molar-refractivity contribution is 9.10. The fraction of sp³-hybridized carbons (Fsp3) is 0.133. The van der Waals surface area contributed by atoms with Crippen molar-refractivity contribution in [1.82, 2.24) is 9.55 Å². The number of nitrogen functional groups attached to an aromatic ring is 1. The molecule has 0 saturated carbocycles. The minimum atomic E-state index is 0.560. The molecule has 4 heteroatoms. The monoisotopic (exact) mass is 315 g/mol. The van der Waals surface area contributed by atoms with Crippen LogP contribution in [-0.4, -0.2) is 9.55 Å². The highest BCUT2D eigenvalue weighted by Gasteiger charge is 2.10. The number of hydrogen-bond donors (Lipinski definition) is 1. The van der Waals surface area contributed by atoms with E-state index >= 15 is 0 Å². The number of para-hydroxylation sites is 1. The summed E-state index contributed by atoms with van der Waals surface area (Å²) >= 11 is 3.49. The molecule has 1 aromatic heterocycles. The number of aromatic nitrogens is 2. The lowest BCUT2D eigenvalue weighted by molar-refractivity contribution is 0.835. The second-order valence-electron chi connectivity index (χ2n) is 4.63. The smallest absolute Gasteiger partial charge is 0.201 e. The predicted octanol–water partition coefficient (Wildman–Crippen LogP) is 3.74. The molecule has 0 spiro atoms. The first kappa shape index (κ1) is 12.2. The van der Waals surface area contributed by atoms with Crippen LogP contribution in [0.3, 0.4) is 0 Å². The number of fused-ring (bicyclic) bond motifs is 1. The topological polar surface area (TPSA) is 43.8 Å². The zero-order valence-corrected chi connectivity index (χ0v) is 12.2. The van der Waals surface area contributed by atoms with Crippen LogP contribution < -0.4 is 5.73 Å². The Hall–Kier alpha value is -1.81. The van der Waals surface area contributed by atoms with Gasteiger partial charge in [0.05, 0.1) is 17.6 Å². The van der Waals surface area contributed by atoms with Crippen molar-refractivity contribution in [2.24, 2.45) is 0 Å². The van der Waals surface area contributed by atoms with Crippen LogP contribution in [0.15, 0.2) is 46.9 Å². The van der Waals surface area contributed by atoms with E-state index in [1.807, 2.05) is 24.3 Å². The van der Waals surface area contributed by atoms with E-state index in [4.69, 9.17) is 5.73 Å². The standard InChI is InChI=1S/C15H14BrN3/c1-10-4-2-7-13-14(10)19(15(17)18-13)9-11-5-3-6-12(16)8-11/h2-8H,9H2,1H3,(H2,17,18). The van der Waals surface area contributed by atoms with Gasteiger partial charge >= 0.3 is 0 Å². The molecule has 0 fully saturated rings. The van der Waals surface area contributed by atoms with E-state index < -0.39 is 0 Å². The fourth-order valence-corrected chi connectivity index (χ4v) is 2.81. The van der Waals surface area contributed by atoms with Crippen LogP contribution in [0.4, 0.5) is 5.95 Å². The van der Waals surface area contributed by atoms with Crippen LogP contribution in [0.1, 0.15) is 11.1 Å². The number of hydrogen-bond acceptors (Lipinski definition) is 2. The third-order valence-corrected chi connectivity index (χ3v) is 3.72. The molecule has 1 heterocycles. The number of benzene rings is 2. The van der Waals surface area contributed by atoms with Crippen LogP contribution in [0.2, 0.25) is 0 Å². The summed E-state index contributed by atoms with van der Waals surface area (Å²) in [5.74, 6) is 0.560. The second kappa shape index (κ2) is 4.70. The Morgan fingerprint density at radius 1 is 1.21 bits per heavy atom. The van der Waals surface area contributed by atoms with Gasteiger partial charge in [-0.3, -0.25) is 0 Å². The molecule has 0 amide bonds. The van der Waals surface area contributed by atoms with Gasteiger partial charge in [-0.05, 0) is 36.2 Å². The molecule has 3 rings (SSSR count). The first-order valence-electron chi connectivity index (χ1n) is 6.11. The lowest BCUT2D eigenvalue weighted by atomic mass is 10.2. The molecule has 0 radical (unpaired) electrons. The van der Waals surface area contributed by atoms with Gasteiger partial charge in [0.25, 0.3) is 0 Å². The first-order chi connectivity index (χ1) is 9.15. The van der Waals surface area contributed by atoms with Crippen LogP contribution in [-0.2, 0) is 6.54 Å². The van der Waals surface area contributed by atoms with Crippen molar-refractivity contribution < 1.29 is 0 Å². The normalized spacial score (nSPS) is 11.1. The molecule has 0 bridgehead atoms. The number of nitrogens with two attached hydrogens (primary N) is 1. The lowest BCUT2D eigenvalue weighted by Gasteiger charge is -2.08. The number of anilines is 1. The van der Waals surface area contributed by atoms with Crippen molar-refractivity contribution >= 4 is 32.9 Å². The Morgan fingerprint density at radius 3 is 2.79 bits per heavy atom. The Morgan fingerprint density at radius 2 is 2.00 bits per heavy atom. The third-order valence-electron chi connectivity index (χ3n) is 3.23. The summed E-state index contributed by atoms with van der Waals surface area (Å²) in [4.78, 5) is 4.42. The molecule has 0 aliphatic rings. The van der Waals surface area contributed by atoms with Gasteiger partial charge in [0, 0.05) is 4.47 Å². The lowest BCUT2D eigenvalue weighted by Crippen LogP contribution is -2.05. The SMILES string of the molecule is Cc1cccc2nc(N)n(Cc3cccc(Br)c3)c12. The van der Waals surface area contributed by atoms with E-state index in [0.717, 1.165) is 22.1 Å². The van der Waals surface area contributed by atoms with Gasteiger partial charge in [0.2, 0.25) is 5.95 Å². The molecule has 19 heavy (non-hydrogen) atoms. The Balaban J connectivity index is 2.12. The second-order valence-corrected chi connectivity index (χ2v) is 5.54. The van der Waals surface area contributed by atoms with Crippen molar-refractivity contribution in [3.05, 3.63) is 58.1 Å². The maximum Gasteiger partial charge on any atom is 0.201 e. The Labute approximate surface area is 120 Å². The molecule has 0 aliphatic carbocycles. The largest absolute Gasteiger partial charge is 0.369 e. The summed E-state index contributed by atoms with van der Waals surface area (Å²) in [7, 11) is 0. The minimum absolute atomic E-state index is 0.560. The minimum Gasteiger partial charge on any atom is -0.369 e. The van der Waals surface area contributed by atoms with E-state index in [1.54, 1.807) is 0 Å². The van der Waals surface area contributed by atoms with Crippen molar-refractivity contribution in [3.8, 4) is 0 Å². The molecule has 2 N–H and O–H groups in total. The van der Waals surface area contributed by atoms with E-state index in [2.05, 4.69) is 50.6 Å². The maximum atomic E-state index is 6.05. The Kier molecular flexibility index (Phi) is 3.03. The molecular formula is C15H14BrN3. The average molecular weight is 316 g/mol. The quantitative estimate of drug-likeness (QED) is 0.783. The Bertz CT molecular complexity index is 746. The third kappa shape index (κ3) is 2.24. The van der Waals surface area contributed by atoms with Crippen molar-refractivity contribution in [1.29, 1.82) is 0 Å². The van der Waals surface area contributed by atoms with Crippen LogP contribution in [0.5, 0.6) is 0 Å². The fourth-order valence-electron chi connectivity index (χ4n) is 2.36. The van der Waals surface area contributed by atoms with Gasteiger partial charge < -0.3 is 10.3 Å². The van der Waals surface area contributed by atoms with Gasteiger partial charge in [-0.15, -0.1) is 0 Å². The zero-order valence-electron chi connectivity index (χ0n) is 10.6. The molecule has 3 nitrogen and oxygen atoms in total. The van der Waals surface area contributed by atoms with Crippen molar-refractivity contribution in [2.75, 3.05) is 5.73 Å². The molecule has 0 aliphatic heterocycles. The van der Waals surface area contributed by atoms with Gasteiger partial charge in [0.15, 0.2) is 0 Å². The molecule has 0 atom stereocenters. The van der Waals surface area contributed by atoms with Crippen molar-refractivity contribution in [3.63, 3.8) is 0 Å². The van der Waals surface area contributed by atoms with Gasteiger partial charge in [0.1, 0.15) is 0 Å². The predicted molar refractivity (Wildman–Crippen MR) is 82.1 cm³/mol. The summed E-state index contributed by atoms with van der Waals surface area (Å²) in [6, 6.07) is 14.3. The van der Waals surface area contributed by atoms with Crippen molar-refractivity contribution in [2.45, 2.75) is 13.5 Å². The highest BCUT2D eigenvalue weighted by Crippen LogP contribution is 2.23. The number of rotatable bonds is 2. The average Bonchev–Trinajstić information content (AvgIpc) is 2.67. The number of halogens is 1. The van der Waals surface area contributed by atoms with E-state index in [-0.39, 0.29) is 0 Å². The summed E-state index contributed by atoms with van der Waals surface area (Å²) in [6.07, 6.45) is 0. The summed E-state index contributed by atoms with van der Waals surface area (Å²) in [5.41, 5.74) is 10.5. The van der Waals surface area contributed by atoms with E-state index in [9.17, 15) is 0 Å². The highest BCUT2D eigenvalue weighted by atomic mass is 79.9. The summed E-state index contributed by atoms with van der Waals surface area (Å²) in [6.45, 7) is 2.81. The number of imidazole rings is 1. The number of aryl methyl sites for hydroxylation is 1. The van der Waals surface area contributed by atoms with Crippen LogP contribution in [0, 0.1) is 6.92 Å².